The van der Waals surface area contributed by atoms with E-state index in [0.717, 1.165) is 25.8 Å². The van der Waals surface area contributed by atoms with E-state index in [4.69, 9.17) is 0 Å². The molecule has 0 bridgehead atoms. The number of nitrogens with zero attached hydrogens (tertiary/aromatic N) is 1. The van der Waals surface area contributed by atoms with Gasteiger partial charge in [-0.3, -0.25) is 15.0 Å². The zero-order valence-electron chi connectivity index (χ0n) is 10.4. The van der Waals surface area contributed by atoms with Gasteiger partial charge in [0.15, 0.2) is 0 Å². The minimum absolute atomic E-state index is 0.0131. The van der Waals surface area contributed by atoms with Gasteiger partial charge in [0, 0.05) is 13.1 Å². The average molecular weight is 243 g/mol. The highest BCUT2D eigenvalue weighted by Gasteiger charge is 2.27. The Morgan fingerprint density at radius 1 is 1.47 bits per heavy atom. The van der Waals surface area contributed by atoms with Crippen LogP contribution in [-0.4, -0.2) is 54.2 Å². The summed E-state index contributed by atoms with van der Waals surface area (Å²) >= 11 is 0. The van der Waals surface area contributed by atoms with E-state index in [1.165, 1.54) is 7.05 Å². The van der Waals surface area contributed by atoms with Crippen molar-refractivity contribution in [2.24, 2.45) is 0 Å². The molecule has 0 aliphatic carbocycles. The van der Waals surface area contributed by atoms with Crippen molar-refractivity contribution < 1.29 is 14.7 Å². The molecule has 6 heteroatoms. The molecule has 0 radical (unpaired) electrons. The maximum absolute atomic E-state index is 11.6. The Hall–Kier alpha value is -1.14. The maximum atomic E-state index is 11.6. The van der Waals surface area contributed by atoms with Gasteiger partial charge in [0.25, 0.3) is 0 Å². The Morgan fingerprint density at radius 2 is 2.18 bits per heavy atom. The summed E-state index contributed by atoms with van der Waals surface area (Å²) in [6.45, 7) is 2.68. The first-order valence-corrected chi connectivity index (χ1v) is 5.98. The fourth-order valence-corrected chi connectivity index (χ4v) is 2.17. The van der Waals surface area contributed by atoms with E-state index >= 15 is 0 Å². The van der Waals surface area contributed by atoms with Crippen LogP contribution in [0.25, 0.3) is 0 Å². The van der Waals surface area contributed by atoms with Crippen molar-refractivity contribution in [3.05, 3.63) is 0 Å². The Labute approximate surface area is 101 Å². The molecule has 1 rings (SSSR count). The van der Waals surface area contributed by atoms with E-state index in [9.17, 15) is 14.7 Å². The molecule has 98 valence electrons. The van der Waals surface area contributed by atoms with E-state index in [1.54, 1.807) is 6.92 Å². The van der Waals surface area contributed by atoms with Crippen LogP contribution in [0.4, 0.5) is 4.79 Å². The molecule has 0 spiro atoms. The number of hydrogen-bond acceptors (Lipinski definition) is 4. The number of piperidine rings is 1. The monoisotopic (exact) mass is 243 g/mol. The molecule has 3 amide bonds. The summed E-state index contributed by atoms with van der Waals surface area (Å²) < 4.78 is 0. The van der Waals surface area contributed by atoms with Crippen molar-refractivity contribution in [1.82, 2.24) is 15.5 Å². The molecular weight excluding hydrogens is 222 g/mol. The van der Waals surface area contributed by atoms with E-state index in [1.807, 2.05) is 4.90 Å². The number of hydrogen-bond donors (Lipinski definition) is 3. The minimum Gasteiger partial charge on any atom is -0.392 e. The molecule has 1 saturated heterocycles. The van der Waals surface area contributed by atoms with Gasteiger partial charge in [-0.05, 0) is 26.3 Å². The Morgan fingerprint density at radius 3 is 2.76 bits per heavy atom. The molecule has 6 nitrogen and oxygen atoms in total. The number of carbonyl (C=O) groups excluding carboxylic acids is 2. The summed E-state index contributed by atoms with van der Waals surface area (Å²) in [5.74, 6) is -0.336. The average Bonchev–Trinajstić information content (AvgIpc) is 2.29. The number of carbonyl (C=O) groups is 2. The van der Waals surface area contributed by atoms with Crippen LogP contribution in [-0.2, 0) is 4.79 Å². The zero-order chi connectivity index (χ0) is 12.8. The fourth-order valence-electron chi connectivity index (χ4n) is 2.17. The summed E-state index contributed by atoms with van der Waals surface area (Å²) in [5, 5.41) is 14.2. The highest BCUT2D eigenvalue weighted by molar-refractivity contribution is 5.95. The van der Waals surface area contributed by atoms with Gasteiger partial charge in [-0.2, -0.15) is 0 Å². The predicted octanol–water partition coefficient (Wildman–Crippen LogP) is -0.323. The molecule has 2 atom stereocenters. The third-order valence-corrected chi connectivity index (χ3v) is 3.05. The number of nitrogens with one attached hydrogen (secondary N) is 2. The largest absolute Gasteiger partial charge is 0.392 e. The van der Waals surface area contributed by atoms with Crippen LogP contribution >= 0.6 is 0 Å². The maximum Gasteiger partial charge on any atom is 0.321 e. The van der Waals surface area contributed by atoms with Crippen molar-refractivity contribution in [3.63, 3.8) is 0 Å². The van der Waals surface area contributed by atoms with Crippen molar-refractivity contribution in [1.29, 1.82) is 0 Å². The Balaban J connectivity index is 2.47. The lowest BCUT2D eigenvalue weighted by Crippen LogP contribution is -2.51. The molecule has 3 N–H and O–H groups in total. The van der Waals surface area contributed by atoms with Crippen molar-refractivity contribution in [2.75, 3.05) is 20.1 Å². The highest BCUT2D eigenvalue weighted by Crippen LogP contribution is 2.19. The number of aliphatic hydroxyl groups excluding tert-OH is 1. The molecule has 1 aliphatic rings. The van der Waals surface area contributed by atoms with E-state index in [-0.39, 0.29) is 18.5 Å². The zero-order valence-corrected chi connectivity index (χ0v) is 10.4. The number of rotatable bonds is 3. The highest BCUT2D eigenvalue weighted by atomic mass is 16.3. The number of amides is 3. The molecule has 1 heterocycles. The second-order valence-corrected chi connectivity index (χ2v) is 4.40. The van der Waals surface area contributed by atoms with Crippen LogP contribution in [0, 0.1) is 0 Å². The van der Waals surface area contributed by atoms with Crippen LogP contribution in [0.3, 0.4) is 0 Å². The van der Waals surface area contributed by atoms with Crippen LogP contribution in [0.1, 0.15) is 26.2 Å². The van der Waals surface area contributed by atoms with Gasteiger partial charge in [0.1, 0.15) is 0 Å². The molecule has 17 heavy (non-hydrogen) atoms. The standard InChI is InChI=1S/C11H21N3O3/c1-8(15)9-5-3-4-6-14(9)7-10(16)13-11(17)12-2/h8-9,15H,3-7H2,1-2H3,(H2,12,13,16,17)/t8-,9-/m1/s1. The molecular formula is C11H21N3O3. The molecule has 1 fully saturated rings. The van der Waals surface area contributed by atoms with Gasteiger partial charge in [-0.25, -0.2) is 4.79 Å². The predicted molar refractivity (Wildman–Crippen MR) is 63.5 cm³/mol. The molecule has 0 saturated carbocycles. The summed E-state index contributed by atoms with van der Waals surface area (Å²) in [4.78, 5) is 24.5. The Bertz CT molecular complexity index is 281. The van der Waals surface area contributed by atoms with E-state index < -0.39 is 12.1 Å². The second-order valence-electron chi connectivity index (χ2n) is 4.40. The van der Waals surface area contributed by atoms with Crippen LogP contribution in [0.2, 0.25) is 0 Å². The second kappa shape index (κ2) is 6.56. The molecule has 0 aromatic rings. The first-order valence-electron chi connectivity index (χ1n) is 5.98. The van der Waals surface area contributed by atoms with E-state index in [0.29, 0.717) is 0 Å². The lowest BCUT2D eigenvalue weighted by Gasteiger charge is -2.36. The van der Waals surface area contributed by atoms with Crippen LogP contribution in [0.5, 0.6) is 0 Å². The third-order valence-electron chi connectivity index (χ3n) is 3.05. The third kappa shape index (κ3) is 4.32. The van der Waals surface area contributed by atoms with Gasteiger partial charge >= 0.3 is 6.03 Å². The fraction of sp³-hybridized carbons (Fsp3) is 0.818. The van der Waals surface area contributed by atoms with Crippen molar-refractivity contribution in [2.45, 2.75) is 38.3 Å². The molecule has 1 aliphatic heterocycles. The quantitative estimate of drug-likeness (QED) is 0.634. The van der Waals surface area contributed by atoms with Gasteiger partial charge < -0.3 is 10.4 Å². The summed E-state index contributed by atoms with van der Waals surface area (Å²) in [5.41, 5.74) is 0. The van der Waals surface area contributed by atoms with Crippen molar-refractivity contribution >= 4 is 11.9 Å². The Kier molecular flexibility index (Phi) is 5.37. The van der Waals surface area contributed by atoms with Gasteiger partial charge in [-0.15, -0.1) is 0 Å². The minimum atomic E-state index is -0.499. The van der Waals surface area contributed by atoms with Gasteiger partial charge in [0.2, 0.25) is 5.91 Å². The van der Waals surface area contributed by atoms with Gasteiger partial charge in [-0.1, -0.05) is 6.42 Å². The SMILES string of the molecule is CNC(=O)NC(=O)CN1CCCC[C@@H]1[C@@H](C)O. The smallest absolute Gasteiger partial charge is 0.321 e. The molecule has 0 aromatic heterocycles. The summed E-state index contributed by atoms with van der Waals surface area (Å²) in [7, 11) is 1.46. The first kappa shape index (κ1) is 13.9. The number of aliphatic hydroxyl groups is 1. The summed E-state index contributed by atoms with van der Waals surface area (Å²) in [6, 6.07) is -0.486. The molecule has 0 unspecified atom stereocenters. The lowest BCUT2D eigenvalue weighted by molar-refractivity contribution is -0.122. The van der Waals surface area contributed by atoms with Crippen LogP contribution in [0.15, 0.2) is 0 Å². The van der Waals surface area contributed by atoms with E-state index in [2.05, 4.69) is 10.6 Å². The number of likely N-dealkylation sites (tertiary alicyclic amines) is 1. The molecule has 0 aromatic carbocycles. The summed E-state index contributed by atoms with van der Waals surface area (Å²) in [6.07, 6.45) is 2.54. The number of imide groups is 1. The first-order chi connectivity index (χ1) is 8.04. The van der Waals surface area contributed by atoms with Crippen molar-refractivity contribution in [3.8, 4) is 0 Å². The topological polar surface area (TPSA) is 81.7 Å². The van der Waals surface area contributed by atoms with Gasteiger partial charge in [0.05, 0.1) is 12.6 Å². The lowest BCUT2D eigenvalue weighted by atomic mass is 9.98. The van der Waals surface area contributed by atoms with Crippen LogP contribution < -0.4 is 10.6 Å². The number of urea groups is 1. The normalized spacial score (nSPS) is 22.9.